The van der Waals surface area contributed by atoms with E-state index in [9.17, 15) is 4.79 Å². The van der Waals surface area contributed by atoms with Crippen LogP contribution in [-0.2, 0) is 4.79 Å². The molecule has 2 aliphatic heterocycles. The second kappa shape index (κ2) is 6.02. The molecule has 2 fully saturated rings. The van der Waals surface area contributed by atoms with E-state index in [1.54, 1.807) is 0 Å². The lowest BCUT2D eigenvalue weighted by atomic mass is 9.91. The van der Waals surface area contributed by atoms with Crippen molar-refractivity contribution in [3.63, 3.8) is 0 Å². The molecule has 1 aromatic rings. The predicted octanol–water partition coefficient (Wildman–Crippen LogP) is 1.47. The summed E-state index contributed by atoms with van der Waals surface area (Å²) in [5.74, 6) is 0.370. The van der Waals surface area contributed by atoms with Crippen molar-refractivity contribution in [3.05, 3.63) is 24.0 Å². The standard InChI is InChI=1S/C16H24N4O/c1-3-17-11(2)14-7-6-12(9-18-14)20-8-4-5-13-15(20)10-19-16(13)21/h6-7,9,11,13,15,17H,3-5,8,10H2,1-2H3,(H,19,21). The fourth-order valence-corrected chi connectivity index (χ4v) is 3.51. The molecule has 3 atom stereocenters. The molecule has 2 aliphatic rings. The van der Waals surface area contributed by atoms with E-state index in [0.29, 0.717) is 6.04 Å². The fourth-order valence-electron chi connectivity index (χ4n) is 3.51. The molecule has 0 spiro atoms. The van der Waals surface area contributed by atoms with E-state index < -0.39 is 0 Å². The van der Waals surface area contributed by atoms with E-state index in [0.717, 1.165) is 43.9 Å². The number of pyridine rings is 1. The summed E-state index contributed by atoms with van der Waals surface area (Å²) in [6, 6.07) is 4.80. The largest absolute Gasteiger partial charge is 0.365 e. The molecule has 0 aromatic carbocycles. The summed E-state index contributed by atoms with van der Waals surface area (Å²) in [5, 5.41) is 6.37. The third-order valence-electron chi connectivity index (χ3n) is 4.66. The Labute approximate surface area is 126 Å². The zero-order valence-corrected chi connectivity index (χ0v) is 12.8. The van der Waals surface area contributed by atoms with Crippen LogP contribution in [0.5, 0.6) is 0 Å². The number of piperidine rings is 1. The first-order valence-electron chi connectivity index (χ1n) is 7.94. The number of aromatic nitrogens is 1. The fraction of sp³-hybridized carbons (Fsp3) is 0.625. The Kier molecular flexibility index (Phi) is 4.10. The van der Waals surface area contributed by atoms with Gasteiger partial charge in [-0.3, -0.25) is 9.78 Å². The Balaban J connectivity index is 1.76. The minimum absolute atomic E-state index is 0.152. The molecule has 3 heterocycles. The number of fused-ring (bicyclic) bond motifs is 1. The zero-order valence-electron chi connectivity index (χ0n) is 12.8. The topological polar surface area (TPSA) is 57.3 Å². The van der Waals surface area contributed by atoms with Crippen LogP contribution in [0.4, 0.5) is 5.69 Å². The first-order chi connectivity index (χ1) is 10.2. The lowest BCUT2D eigenvalue weighted by Crippen LogP contribution is -2.45. The van der Waals surface area contributed by atoms with E-state index in [-0.39, 0.29) is 17.9 Å². The third-order valence-corrected chi connectivity index (χ3v) is 4.66. The van der Waals surface area contributed by atoms with Crippen molar-refractivity contribution in [1.82, 2.24) is 15.6 Å². The number of hydrogen-bond donors (Lipinski definition) is 2. The highest BCUT2D eigenvalue weighted by Crippen LogP contribution is 2.31. The molecule has 5 nitrogen and oxygen atoms in total. The second-order valence-corrected chi connectivity index (χ2v) is 5.98. The minimum Gasteiger partial charge on any atom is -0.365 e. The lowest BCUT2D eigenvalue weighted by Gasteiger charge is -2.37. The van der Waals surface area contributed by atoms with Crippen LogP contribution in [0, 0.1) is 5.92 Å². The highest BCUT2D eigenvalue weighted by molar-refractivity contribution is 5.83. The van der Waals surface area contributed by atoms with E-state index in [4.69, 9.17) is 0 Å². The Morgan fingerprint density at radius 3 is 3.10 bits per heavy atom. The molecule has 3 unspecified atom stereocenters. The summed E-state index contributed by atoms with van der Waals surface area (Å²) >= 11 is 0. The average molecular weight is 288 g/mol. The monoisotopic (exact) mass is 288 g/mol. The highest BCUT2D eigenvalue weighted by atomic mass is 16.2. The van der Waals surface area contributed by atoms with Crippen molar-refractivity contribution >= 4 is 11.6 Å². The SMILES string of the molecule is CCNC(C)c1ccc(N2CCCC3C(=O)NCC32)cn1. The minimum atomic E-state index is 0.152. The van der Waals surface area contributed by atoms with Crippen LogP contribution in [0.3, 0.4) is 0 Å². The molecule has 0 radical (unpaired) electrons. The van der Waals surface area contributed by atoms with Gasteiger partial charge in [-0.1, -0.05) is 6.92 Å². The van der Waals surface area contributed by atoms with Gasteiger partial charge in [-0.2, -0.15) is 0 Å². The summed E-state index contributed by atoms with van der Waals surface area (Å²) in [4.78, 5) is 18.8. The maximum atomic E-state index is 11.8. The van der Waals surface area contributed by atoms with Gasteiger partial charge in [0.15, 0.2) is 0 Å². The highest BCUT2D eigenvalue weighted by Gasteiger charge is 2.40. The number of amides is 1. The van der Waals surface area contributed by atoms with Crippen molar-refractivity contribution in [3.8, 4) is 0 Å². The smallest absolute Gasteiger partial charge is 0.225 e. The molecule has 2 N–H and O–H groups in total. The van der Waals surface area contributed by atoms with E-state index >= 15 is 0 Å². The molecule has 5 heteroatoms. The van der Waals surface area contributed by atoms with Crippen LogP contribution in [0.2, 0.25) is 0 Å². The number of carbonyl (C=O) groups is 1. The van der Waals surface area contributed by atoms with Crippen LogP contribution in [0.25, 0.3) is 0 Å². The summed E-state index contributed by atoms with van der Waals surface area (Å²) in [7, 11) is 0. The molecular weight excluding hydrogens is 264 g/mol. The van der Waals surface area contributed by atoms with Crippen LogP contribution in [0.15, 0.2) is 18.3 Å². The average Bonchev–Trinajstić information content (AvgIpc) is 2.89. The summed E-state index contributed by atoms with van der Waals surface area (Å²) < 4.78 is 0. The molecule has 0 aliphatic carbocycles. The van der Waals surface area contributed by atoms with Gasteiger partial charge in [-0.25, -0.2) is 0 Å². The Morgan fingerprint density at radius 1 is 1.52 bits per heavy atom. The number of rotatable bonds is 4. The number of hydrogen-bond acceptors (Lipinski definition) is 4. The van der Waals surface area contributed by atoms with Crippen LogP contribution < -0.4 is 15.5 Å². The number of nitrogens with one attached hydrogen (secondary N) is 2. The van der Waals surface area contributed by atoms with Crippen molar-refractivity contribution in [2.75, 3.05) is 24.5 Å². The van der Waals surface area contributed by atoms with Crippen molar-refractivity contribution in [1.29, 1.82) is 0 Å². The number of nitrogens with zero attached hydrogens (tertiary/aromatic N) is 2. The van der Waals surface area contributed by atoms with Crippen LogP contribution >= 0.6 is 0 Å². The molecule has 1 aromatic heterocycles. The molecule has 114 valence electrons. The van der Waals surface area contributed by atoms with Gasteiger partial charge in [0, 0.05) is 19.1 Å². The first kappa shape index (κ1) is 14.3. The maximum Gasteiger partial charge on any atom is 0.225 e. The van der Waals surface area contributed by atoms with E-state index in [1.807, 2.05) is 6.20 Å². The van der Waals surface area contributed by atoms with Crippen LogP contribution in [0.1, 0.15) is 38.4 Å². The Bertz CT molecular complexity index is 502. The second-order valence-electron chi connectivity index (χ2n) is 5.98. The summed E-state index contributed by atoms with van der Waals surface area (Å²) in [6.07, 6.45) is 4.04. The van der Waals surface area contributed by atoms with E-state index in [2.05, 4.69) is 46.5 Å². The molecule has 21 heavy (non-hydrogen) atoms. The molecule has 3 rings (SSSR count). The van der Waals surface area contributed by atoms with Gasteiger partial charge in [-0.15, -0.1) is 0 Å². The first-order valence-corrected chi connectivity index (χ1v) is 7.94. The quantitative estimate of drug-likeness (QED) is 0.881. The van der Waals surface area contributed by atoms with Crippen molar-refractivity contribution < 1.29 is 4.79 Å². The molecule has 0 bridgehead atoms. The van der Waals surface area contributed by atoms with Crippen LogP contribution in [-0.4, -0.2) is 36.6 Å². The zero-order chi connectivity index (χ0) is 14.8. The van der Waals surface area contributed by atoms with Gasteiger partial charge in [-0.05, 0) is 38.4 Å². The predicted molar refractivity (Wildman–Crippen MR) is 83.2 cm³/mol. The van der Waals surface area contributed by atoms with Gasteiger partial charge < -0.3 is 15.5 Å². The van der Waals surface area contributed by atoms with Gasteiger partial charge >= 0.3 is 0 Å². The molecule has 2 saturated heterocycles. The number of anilines is 1. The molecule has 0 saturated carbocycles. The summed E-state index contributed by atoms with van der Waals surface area (Å²) in [6.45, 7) is 6.94. The van der Waals surface area contributed by atoms with Crippen molar-refractivity contribution in [2.24, 2.45) is 5.92 Å². The maximum absolute atomic E-state index is 11.8. The van der Waals surface area contributed by atoms with E-state index in [1.165, 1.54) is 0 Å². The Morgan fingerprint density at radius 2 is 2.38 bits per heavy atom. The normalized spacial score (nSPS) is 26.4. The number of carbonyl (C=O) groups excluding carboxylic acids is 1. The Hall–Kier alpha value is -1.62. The lowest BCUT2D eigenvalue weighted by molar-refractivity contribution is -0.122. The third kappa shape index (κ3) is 2.75. The van der Waals surface area contributed by atoms with Gasteiger partial charge in [0.25, 0.3) is 0 Å². The van der Waals surface area contributed by atoms with Gasteiger partial charge in [0.1, 0.15) is 0 Å². The molecule has 1 amide bonds. The molecular formula is C16H24N4O. The van der Waals surface area contributed by atoms with Gasteiger partial charge in [0.05, 0.1) is 29.5 Å². The van der Waals surface area contributed by atoms with Crippen molar-refractivity contribution in [2.45, 2.75) is 38.8 Å². The van der Waals surface area contributed by atoms with Gasteiger partial charge in [0.2, 0.25) is 5.91 Å². The summed E-state index contributed by atoms with van der Waals surface area (Å²) in [5.41, 5.74) is 2.20.